The zero-order valence-corrected chi connectivity index (χ0v) is 18.3. The highest BCUT2D eigenvalue weighted by Gasteiger charge is 2.18. The minimum Gasteiger partial charge on any atom is -0.478 e. The number of carbonyl (C=O) groups is 2. The van der Waals surface area contributed by atoms with Crippen LogP contribution in [0.25, 0.3) is 11.3 Å². The Labute approximate surface area is 191 Å². The van der Waals surface area contributed by atoms with E-state index < -0.39 is 5.97 Å². The number of aryl methyl sites for hydroxylation is 1. The molecule has 0 saturated carbocycles. The summed E-state index contributed by atoms with van der Waals surface area (Å²) < 4.78 is 1.80. The van der Waals surface area contributed by atoms with Crippen molar-refractivity contribution >= 4 is 11.8 Å². The molecule has 4 rings (SSSR count). The number of aromatic nitrogens is 4. The van der Waals surface area contributed by atoms with Gasteiger partial charge in [-0.25, -0.2) is 14.5 Å². The lowest BCUT2D eigenvalue weighted by Crippen LogP contribution is -2.07. The molecule has 0 saturated heterocycles. The van der Waals surface area contributed by atoms with Gasteiger partial charge in [0.2, 0.25) is 11.6 Å². The molecule has 7 nitrogen and oxygen atoms in total. The lowest BCUT2D eigenvalue weighted by molar-refractivity contribution is 0.0697. The molecule has 0 atom stereocenters. The lowest BCUT2D eigenvalue weighted by Gasteiger charge is -2.07. The van der Waals surface area contributed by atoms with Gasteiger partial charge in [-0.1, -0.05) is 67.9 Å². The van der Waals surface area contributed by atoms with Gasteiger partial charge in [0.25, 0.3) is 0 Å². The SMILES string of the molecule is CCCCn1nc(C(=O)c2ccccc2)nc1Cc1ccc(-c2ccccc2C(=O)O)nc1. The van der Waals surface area contributed by atoms with Crippen LogP contribution in [0.5, 0.6) is 0 Å². The van der Waals surface area contributed by atoms with E-state index in [0.29, 0.717) is 35.6 Å². The number of carboxylic acids is 1. The van der Waals surface area contributed by atoms with Crippen molar-refractivity contribution in [3.63, 3.8) is 0 Å². The second-order valence-electron chi connectivity index (χ2n) is 7.70. The predicted molar refractivity (Wildman–Crippen MR) is 124 cm³/mol. The number of hydrogen-bond donors (Lipinski definition) is 1. The number of carbonyl (C=O) groups excluding carboxylic acids is 1. The number of unbranched alkanes of at least 4 members (excludes halogenated alkanes) is 1. The maximum Gasteiger partial charge on any atom is 0.336 e. The molecule has 0 bridgehead atoms. The summed E-state index contributed by atoms with van der Waals surface area (Å²) in [6, 6.07) is 19.5. The van der Waals surface area contributed by atoms with Crippen LogP contribution >= 0.6 is 0 Å². The van der Waals surface area contributed by atoms with E-state index in [1.54, 1.807) is 53.3 Å². The van der Waals surface area contributed by atoms with E-state index in [2.05, 4.69) is 22.0 Å². The third kappa shape index (κ3) is 5.03. The van der Waals surface area contributed by atoms with Gasteiger partial charge in [-0.05, 0) is 24.1 Å². The summed E-state index contributed by atoms with van der Waals surface area (Å²) in [5, 5.41) is 13.9. The van der Waals surface area contributed by atoms with E-state index in [4.69, 9.17) is 0 Å². The van der Waals surface area contributed by atoms with Crippen molar-refractivity contribution in [2.45, 2.75) is 32.7 Å². The van der Waals surface area contributed by atoms with Crippen LogP contribution in [0.15, 0.2) is 72.9 Å². The van der Waals surface area contributed by atoms with Gasteiger partial charge in [0, 0.05) is 30.3 Å². The van der Waals surface area contributed by atoms with Gasteiger partial charge in [-0.15, -0.1) is 5.10 Å². The normalized spacial score (nSPS) is 10.8. The van der Waals surface area contributed by atoms with Crippen molar-refractivity contribution < 1.29 is 14.7 Å². The van der Waals surface area contributed by atoms with Gasteiger partial charge in [0.05, 0.1) is 11.3 Å². The van der Waals surface area contributed by atoms with E-state index in [1.807, 2.05) is 24.3 Å². The second-order valence-corrected chi connectivity index (χ2v) is 7.70. The molecule has 166 valence electrons. The van der Waals surface area contributed by atoms with Crippen LogP contribution in [0.2, 0.25) is 0 Å². The number of benzene rings is 2. The summed E-state index contributed by atoms with van der Waals surface area (Å²) in [4.78, 5) is 33.4. The summed E-state index contributed by atoms with van der Waals surface area (Å²) in [6.07, 6.45) is 4.11. The molecule has 0 aliphatic heterocycles. The number of rotatable bonds is 9. The van der Waals surface area contributed by atoms with E-state index >= 15 is 0 Å². The lowest BCUT2D eigenvalue weighted by atomic mass is 10.0. The van der Waals surface area contributed by atoms with Crippen LogP contribution in [0.4, 0.5) is 0 Å². The Bertz CT molecular complexity index is 1260. The Hall–Kier alpha value is -4.13. The third-order valence-corrected chi connectivity index (χ3v) is 5.33. The fourth-order valence-corrected chi connectivity index (χ4v) is 3.57. The third-order valence-electron chi connectivity index (χ3n) is 5.33. The Morgan fingerprint density at radius 2 is 1.73 bits per heavy atom. The molecule has 0 amide bonds. The average molecular weight is 441 g/mol. The maximum atomic E-state index is 12.8. The number of nitrogens with zero attached hydrogens (tertiary/aromatic N) is 4. The molecule has 1 N–H and O–H groups in total. The summed E-state index contributed by atoms with van der Waals surface area (Å²) in [7, 11) is 0. The van der Waals surface area contributed by atoms with Crippen molar-refractivity contribution in [2.24, 2.45) is 0 Å². The Balaban J connectivity index is 1.60. The molecule has 4 aromatic rings. The summed E-state index contributed by atoms with van der Waals surface area (Å²) in [5.74, 6) is -0.308. The molecule has 7 heteroatoms. The van der Waals surface area contributed by atoms with E-state index in [9.17, 15) is 14.7 Å². The highest BCUT2D eigenvalue weighted by Crippen LogP contribution is 2.22. The standard InChI is InChI=1S/C26H24N4O3/c1-2-3-15-30-23(28-25(29-30)24(31)19-9-5-4-6-10-19)16-18-13-14-22(27-17-18)20-11-7-8-12-21(20)26(32)33/h4-14,17H,2-3,15-16H2,1H3,(H,32,33). The van der Waals surface area contributed by atoms with E-state index in [-0.39, 0.29) is 17.2 Å². The fourth-order valence-electron chi connectivity index (χ4n) is 3.57. The van der Waals surface area contributed by atoms with E-state index in [1.165, 1.54) is 0 Å². The first kappa shape index (κ1) is 22.1. The first-order chi connectivity index (χ1) is 16.1. The minimum absolute atomic E-state index is 0.187. The fraction of sp³-hybridized carbons (Fsp3) is 0.192. The topological polar surface area (TPSA) is 98.0 Å². The quantitative estimate of drug-likeness (QED) is 0.380. The molecule has 0 spiro atoms. The monoisotopic (exact) mass is 440 g/mol. The van der Waals surface area contributed by atoms with Gasteiger partial charge < -0.3 is 5.11 Å². The van der Waals surface area contributed by atoms with Crippen LogP contribution in [0, 0.1) is 0 Å². The van der Waals surface area contributed by atoms with Gasteiger partial charge in [-0.3, -0.25) is 9.78 Å². The molecule has 2 heterocycles. The molecule has 0 fully saturated rings. The Kier molecular flexibility index (Phi) is 6.69. The molecule has 0 radical (unpaired) electrons. The van der Waals surface area contributed by atoms with Crippen LogP contribution in [-0.2, 0) is 13.0 Å². The van der Waals surface area contributed by atoms with Crippen molar-refractivity contribution in [1.82, 2.24) is 19.7 Å². The van der Waals surface area contributed by atoms with Gasteiger partial charge in [-0.2, -0.15) is 0 Å². The van der Waals surface area contributed by atoms with Crippen LogP contribution < -0.4 is 0 Å². The predicted octanol–water partition coefficient (Wildman–Crippen LogP) is 4.66. The Morgan fingerprint density at radius 3 is 2.42 bits per heavy atom. The molecule has 0 aliphatic rings. The number of pyridine rings is 1. The summed E-state index contributed by atoms with van der Waals surface area (Å²) >= 11 is 0. The van der Waals surface area contributed by atoms with Crippen molar-refractivity contribution in [3.05, 3.63) is 101 Å². The van der Waals surface area contributed by atoms with E-state index in [0.717, 1.165) is 18.4 Å². The first-order valence-electron chi connectivity index (χ1n) is 10.9. The van der Waals surface area contributed by atoms with Crippen LogP contribution in [-0.4, -0.2) is 36.6 Å². The zero-order valence-electron chi connectivity index (χ0n) is 18.3. The molecular formula is C26H24N4O3. The summed E-state index contributed by atoms with van der Waals surface area (Å²) in [5.41, 5.74) is 2.82. The largest absolute Gasteiger partial charge is 0.478 e. The molecular weight excluding hydrogens is 416 g/mol. The average Bonchev–Trinajstić information content (AvgIpc) is 3.25. The molecule has 33 heavy (non-hydrogen) atoms. The minimum atomic E-state index is -0.990. The summed E-state index contributed by atoms with van der Waals surface area (Å²) in [6.45, 7) is 2.78. The van der Waals surface area contributed by atoms with Gasteiger partial charge in [0.1, 0.15) is 5.82 Å². The maximum absolute atomic E-state index is 12.8. The van der Waals surface area contributed by atoms with Crippen molar-refractivity contribution in [1.29, 1.82) is 0 Å². The highest BCUT2D eigenvalue weighted by molar-refractivity contribution is 6.06. The molecule has 0 aliphatic carbocycles. The molecule has 0 unspecified atom stereocenters. The zero-order chi connectivity index (χ0) is 23.2. The number of hydrogen-bond acceptors (Lipinski definition) is 5. The second kappa shape index (κ2) is 9.99. The number of ketones is 1. The first-order valence-corrected chi connectivity index (χ1v) is 10.9. The highest BCUT2D eigenvalue weighted by atomic mass is 16.4. The number of aromatic carboxylic acids is 1. The smallest absolute Gasteiger partial charge is 0.336 e. The van der Waals surface area contributed by atoms with Gasteiger partial charge in [0.15, 0.2) is 0 Å². The Morgan fingerprint density at radius 1 is 0.970 bits per heavy atom. The van der Waals surface area contributed by atoms with Crippen molar-refractivity contribution in [3.8, 4) is 11.3 Å². The van der Waals surface area contributed by atoms with Crippen LogP contribution in [0.1, 0.15) is 57.7 Å². The van der Waals surface area contributed by atoms with Gasteiger partial charge >= 0.3 is 5.97 Å². The van der Waals surface area contributed by atoms with Crippen molar-refractivity contribution in [2.75, 3.05) is 0 Å². The van der Waals surface area contributed by atoms with Crippen LogP contribution in [0.3, 0.4) is 0 Å². The number of carboxylic acid groups (broad SMARTS) is 1. The molecule has 2 aromatic heterocycles. The molecule has 2 aromatic carbocycles.